The summed E-state index contributed by atoms with van der Waals surface area (Å²) in [6, 6.07) is 0. The number of aliphatic imine (C=N–C) groups is 1. The van der Waals surface area contributed by atoms with Crippen molar-refractivity contribution in [3.05, 3.63) is 19.2 Å². The van der Waals surface area contributed by atoms with Crippen LogP contribution in [0.1, 0.15) is 66.2 Å². The maximum Gasteiger partial charge on any atom is 0.0726 e. The first-order valence-electron chi connectivity index (χ1n) is 10.1. The molecule has 0 amide bonds. The normalized spacial score (nSPS) is 44.0. The number of nitrogens with two attached hydrogens (primary N) is 1. The highest BCUT2D eigenvalue weighted by Gasteiger charge is 2.57. The molecule has 3 fully saturated rings. The lowest BCUT2D eigenvalue weighted by molar-refractivity contribution is -0.688. The van der Waals surface area contributed by atoms with Crippen LogP contribution in [0.25, 0.3) is 0 Å². The molecule has 0 saturated heterocycles. The van der Waals surface area contributed by atoms with Gasteiger partial charge < -0.3 is 5.32 Å². The summed E-state index contributed by atoms with van der Waals surface area (Å²) in [4.78, 5) is 4.47. The van der Waals surface area contributed by atoms with E-state index in [0.717, 1.165) is 30.1 Å². The summed E-state index contributed by atoms with van der Waals surface area (Å²) in [6.45, 7) is 13.9. The Morgan fingerprint density at radius 1 is 1.44 bits per heavy atom. The number of rotatable bonds is 4. The number of quaternary nitrogens is 1. The van der Waals surface area contributed by atoms with Gasteiger partial charge in [0.1, 0.15) is 0 Å². The maximum absolute atomic E-state index is 4.90. The van der Waals surface area contributed by atoms with Crippen LogP contribution in [0.15, 0.2) is 17.1 Å². The average molecular weight is 361 g/mol. The Labute approximate surface area is 159 Å². The molecule has 140 valence electrons. The molecule has 2 nitrogen and oxygen atoms in total. The van der Waals surface area contributed by atoms with Crippen molar-refractivity contribution in [2.75, 3.05) is 0 Å². The summed E-state index contributed by atoms with van der Waals surface area (Å²) in [5.74, 6) is 4.59. The van der Waals surface area contributed by atoms with Crippen molar-refractivity contribution < 1.29 is 5.32 Å². The minimum Gasteiger partial charge on any atom is -0.474 e. The zero-order valence-electron chi connectivity index (χ0n) is 16.6. The topological polar surface area (TPSA) is 29.0 Å². The molecule has 3 heteroatoms. The first-order valence-corrected chi connectivity index (χ1v) is 10.5. The van der Waals surface area contributed by atoms with Crippen molar-refractivity contribution in [3.63, 3.8) is 0 Å². The lowest BCUT2D eigenvalue weighted by Gasteiger charge is -2.60. The van der Waals surface area contributed by atoms with Gasteiger partial charge in [0.15, 0.2) is 0 Å². The van der Waals surface area contributed by atoms with Gasteiger partial charge in [0, 0.05) is 12.3 Å². The molecule has 2 N–H and O–H groups in total. The van der Waals surface area contributed by atoms with E-state index in [-0.39, 0.29) is 5.54 Å². The van der Waals surface area contributed by atoms with Crippen molar-refractivity contribution in [1.82, 2.24) is 0 Å². The van der Waals surface area contributed by atoms with Crippen LogP contribution in [0.2, 0.25) is 0 Å². The third kappa shape index (κ3) is 3.40. The van der Waals surface area contributed by atoms with Gasteiger partial charge in [-0.3, -0.25) is 0 Å². The Hall–Kier alpha value is -0.500. The Morgan fingerprint density at radius 3 is 2.80 bits per heavy atom. The van der Waals surface area contributed by atoms with Crippen LogP contribution >= 0.6 is 12.2 Å². The standard InChI is InChI=1S/C22H36N2S/c1-14-7-8-18-20-17(9-10-22(18,5)23-6)15(2)11-16(19(14)20)12-21(3,4)24-13-25/h15-20H,1,6-12,23H2,2-5H3/t15-,16-,17+,18+,19-,20+,22-/m0/s1. The van der Waals surface area contributed by atoms with Gasteiger partial charge in [-0.25, -0.2) is 4.99 Å². The summed E-state index contributed by atoms with van der Waals surface area (Å²) < 4.78 is 0. The second kappa shape index (κ2) is 6.91. The summed E-state index contributed by atoms with van der Waals surface area (Å²) in [5, 5.41) is 4.90. The van der Waals surface area contributed by atoms with Gasteiger partial charge in [-0.1, -0.05) is 19.1 Å². The van der Waals surface area contributed by atoms with Crippen molar-refractivity contribution in [2.45, 2.75) is 77.3 Å². The van der Waals surface area contributed by atoms with Crippen LogP contribution in [0.4, 0.5) is 0 Å². The van der Waals surface area contributed by atoms with Gasteiger partial charge in [-0.2, -0.15) is 7.05 Å². The number of hydrogen-bond acceptors (Lipinski definition) is 2. The molecule has 25 heavy (non-hydrogen) atoms. The Morgan fingerprint density at radius 2 is 2.16 bits per heavy atom. The molecular formula is C22H36N2S. The third-order valence-corrected chi connectivity index (χ3v) is 8.07. The van der Waals surface area contributed by atoms with Crippen molar-refractivity contribution >= 4 is 17.4 Å². The van der Waals surface area contributed by atoms with Crippen molar-refractivity contribution in [2.24, 2.45) is 40.5 Å². The van der Waals surface area contributed by atoms with E-state index in [4.69, 9.17) is 12.2 Å². The zero-order valence-corrected chi connectivity index (χ0v) is 17.4. The fourth-order valence-corrected chi connectivity index (χ4v) is 7.04. The highest BCUT2D eigenvalue weighted by Crippen LogP contribution is 2.60. The van der Waals surface area contributed by atoms with E-state index in [9.17, 15) is 0 Å². The number of hydrogen-bond donors (Lipinski definition) is 1. The number of nitrogens with zero attached hydrogens (tertiary/aromatic N) is 1. The van der Waals surface area contributed by atoms with Gasteiger partial charge in [-0.15, -0.1) is 0 Å². The van der Waals surface area contributed by atoms with Crippen LogP contribution in [-0.4, -0.2) is 16.2 Å². The van der Waals surface area contributed by atoms with Gasteiger partial charge in [-0.05, 0) is 94.7 Å². The fraction of sp³-hybridized carbons (Fsp3) is 0.818. The summed E-state index contributed by atoms with van der Waals surface area (Å²) in [5.41, 5.74) is 1.71. The monoisotopic (exact) mass is 360 g/mol. The van der Waals surface area contributed by atoms with Crippen LogP contribution in [0, 0.1) is 42.6 Å². The van der Waals surface area contributed by atoms with Gasteiger partial charge in [0.2, 0.25) is 0 Å². The van der Waals surface area contributed by atoms with Gasteiger partial charge in [0.05, 0.1) is 16.2 Å². The van der Waals surface area contributed by atoms with Gasteiger partial charge >= 0.3 is 0 Å². The van der Waals surface area contributed by atoms with E-state index in [1.807, 2.05) is 0 Å². The minimum atomic E-state index is -0.109. The second-order valence-electron chi connectivity index (χ2n) is 10.0. The molecule has 7 atom stereocenters. The summed E-state index contributed by atoms with van der Waals surface area (Å²) >= 11 is 4.90. The third-order valence-electron chi connectivity index (χ3n) is 7.97. The average Bonchev–Trinajstić information content (AvgIpc) is 2.53. The van der Waals surface area contributed by atoms with Crippen LogP contribution in [0.5, 0.6) is 0 Å². The van der Waals surface area contributed by atoms with E-state index in [0.29, 0.717) is 17.4 Å². The van der Waals surface area contributed by atoms with Crippen LogP contribution < -0.4 is 5.32 Å². The van der Waals surface area contributed by atoms with E-state index in [2.05, 4.69) is 56.8 Å². The predicted molar refractivity (Wildman–Crippen MR) is 108 cm³/mol. The van der Waals surface area contributed by atoms with Crippen molar-refractivity contribution in [3.8, 4) is 0 Å². The Balaban J connectivity index is 1.94. The molecule has 0 heterocycles. The van der Waals surface area contributed by atoms with Gasteiger partial charge in [0.25, 0.3) is 0 Å². The predicted octanol–water partition coefficient (Wildman–Crippen LogP) is 4.64. The van der Waals surface area contributed by atoms with Crippen LogP contribution in [-0.2, 0) is 0 Å². The molecule has 3 aliphatic rings. The molecule has 0 unspecified atom stereocenters. The van der Waals surface area contributed by atoms with Crippen molar-refractivity contribution in [1.29, 1.82) is 0 Å². The first-order chi connectivity index (χ1) is 11.7. The lowest BCUT2D eigenvalue weighted by Crippen LogP contribution is -2.94. The fourth-order valence-electron chi connectivity index (χ4n) is 6.80. The first kappa shape index (κ1) is 19.3. The number of isothiocyanates is 1. The molecule has 0 bridgehead atoms. The molecule has 0 aromatic heterocycles. The van der Waals surface area contributed by atoms with E-state index in [1.165, 1.54) is 37.7 Å². The van der Waals surface area contributed by atoms with E-state index >= 15 is 0 Å². The molecule has 3 rings (SSSR count). The second-order valence-corrected chi connectivity index (χ2v) is 10.2. The molecular weight excluding hydrogens is 324 g/mol. The zero-order chi connectivity index (χ0) is 18.4. The Kier molecular flexibility index (Phi) is 5.32. The molecule has 0 spiro atoms. The molecule has 3 saturated carbocycles. The number of allylic oxidation sites excluding steroid dienone is 1. The quantitative estimate of drug-likeness (QED) is 0.336. The smallest absolute Gasteiger partial charge is 0.0726 e. The summed E-state index contributed by atoms with van der Waals surface area (Å²) in [7, 11) is 4.22. The minimum absolute atomic E-state index is 0.109. The molecule has 0 aromatic rings. The van der Waals surface area contributed by atoms with E-state index in [1.54, 1.807) is 0 Å². The molecule has 0 radical (unpaired) electrons. The molecule has 3 aliphatic carbocycles. The van der Waals surface area contributed by atoms with Crippen LogP contribution in [0.3, 0.4) is 0 Å². The highest BCUT2D eigenvalue weighted by molar-refractivity contribution is 7.78. The number of thiocarbonyl (C=S) groups is 1. The largest absolute Gasteiger partial charge is 0.474 e. The summed E-state index contributed by atoms with van der Waals surface area (Å²) in [6.07, 6.45) is 7.61. The maximum atomic E-state index is 4.90. The molecule has 0 aromatic carbocycles. The Bertz CT molecular complexity index is 577. The van der Waals surface area contributed by atoms with E-state index < -0.39 is 0 Å². The highest BCUT2D eigenvalue weighted by atomic mass is 32.1. The SMILES string of the molecule is C=C1CC[C@@H]2[C@H]3[C@H](CC[C@]2(C)[NH2+][CH2-])[C@@H](C)C[C@@H](CC(C)(C)N=C=S)[C@H]13. The molecule has 0 aliphatic heterocycles. The lowest BCUT2D eigenvalue weighted by atomic mass is 9.46.